The molecule has 3 N–H and O–H groups in total. The van der Waals surface area contributed by atoms with Crippen molar-refractivity contribution in [2.45, 2.75) is 45.1 Å². The van der Waals surface area contributed by atoms with E-state index in [4.69, 9.17) is 10.5 Å². The summed E-state index contributed by atoms with van der Waals surface area (Å²) in [5.41, 5.74) is 8.65. The van der Waals surface area contributed by atoms with Crippen LogP contribution in [0.1, 0.15) is 39.2 Å². The average molecular weight is 449 g/mol. The molecular formula is C25H32N6O2. The minimum absolute atomic E-state index is 0.0638. The Morgan fingerprint density at radius 3 is 2.61 bits per heavy atom. The number of ether oxygens (including phenoxy) is 1. The van der Waals surface area contributed by atoms with Gasteiger partial charge in [-0.05, 0) is 61.2 Å². The van der Waals surface area contributed by atoms with Crippen LogP contribution in [0.15, 0.2) is 53.8 Å². The van der Waals surface area contributed by atoms with Crippen molar-refractivity contribution >= 4 is 17.8 Å². The summed E-state index contributed by atoms with van der Waals surface area (Å²) in [6, 6.07) is 7.67. The summed E-state index contributed by atoms with van der Waals surface area (Å²) in [6.07, 6.45) is 7.92. The summed E-state index contributed by atoms with van der Waals surface area (Å²) >= 11 is 0. The van der Waals surface area contributed by atoms with Gasteiger partial charge in [-0.3, -0.25) is 4.90 Å². The van der Waals surface area contributed by atoms with Crippen molar-refractivity contribution in [2.24, 2.45) is 0 Å². The van der Waals surface area contributed by atoms with Gasteiger partial charge in [-0.25, -0.2) is 4.79 Å². The van der Waals surface area contributed by atoms with Crippen LogP contribution in [0.4, 0.5) is 11.9 Å². The van der Waals surface area contributed by atoms with Crippen molar-refractivity contribution in [1.29, 1.82) is 0 Å². The van der Waals surface area contributed by atoms with E-state index in [1.54, 1.807) is 10.8 Å². The largest absolute Gasteiger partial charge is 0.492 e. The standard InChI is InChI=1S/C25H32N6O2/c1-25(2,3)19-6-8-20(9-7-19)31-23(26)28-24(29-31)27-22-11-10-21(16-18(22)17-32)33-15-14-30-12-4-5-13-30/h6-11,16,22H,4-5,12-15H2,1-3H3,(H3,26,27,28,29). The summed E-state index contributed by atoms with van der Waals surface area (Å²) in [5.74, 6) is 3.25. The quantitative estimate of drug-likeness (QED) is 0.628. The van der Waals surface area contributed by atoms with Crippen LogP contribution in [-0.2, 0) is 14.9 Å². The lowest BCUT2D eigenvalue weighted by atomic mass is 9.87. The zero-order chi connectivity index (χ0) is 23.4. The van der Waals surface area contributed by atoms with Gasteiger partial charge in [-0.15, -0.1) is 5.10 Å². The van der Waals surface area contributed by atoms with E-state index in [9.17, 15) is 4.79 Å². The molecule has 8 nitrogen and oxygen atoms in total. The van der Waals surface area contributed by atoms with E-state index in [1.807, 2.05) is 30.2 Å². The number of rotatable bonds is 7. The molecule has 1 aliphatic heterocycles. The highest BCUT2D eigenvalue weighted by Gasteiger charge is 2.20. The van der Waals surface area contributed by atoms with Crippen LogP contribution in [0, 0.1) is 0 Å². The number of anilines is 2. The molecule has 8 heteroatoms. The first-order chi connectivity index (χ1) is 15.8. The normalized spacial score (nSPS) is 18.8. The number of aromatic nitrogens is 3. The minimum atomic E-state index is -0.410. The van der Waals surface area contributed by atoms with Gasteiger partial charge in [0.25, 0.3) is 0 Å². The highest BCUT2D eigenvalue weighted by atomic mass is 16.5. The molecule has 0 bridgehead atoms. The topological polar surface area (TPSA) is 98.3 Å². The van der Waals surface area contributed by atoms with Crippen molar-refractivity contribution in [3.05, 3.63) is 59.4 Å². The molecule has 1 fully saturated rings. The second-order valence-corrected chi connectivity index (χ2v) is 9.48. The van der Waals surface area contributed by atoms with E-state index in [0.717, 1.165) is 25.3 Å². The van der Waals surface area contributed by atoms with E-state index in [2.05, 4.69) is 53.2 Å². The third-order valence-corrected chi connectivity index (χ3v) is 5.97. The maximum atomic E-state index is 11.6. The lowest BCUT2D eigenvalue weighted by Gasteiger charge is -2.19. The molecule has 2 aromatic rings. The van der Waals surface area contributed by atoms with Crippen molar-refractivity contribution in [2.75, 3.05) is 37.3 Å². The van der Waals surface area contributed by atoms with Gasteiger partial charge in [0.15, 0.2) is 0 Å². The molecule has 0 spiro atoms. The van der Waals surface area contributed by atoms with E-state index in [1.165, 1.54) is 18.4 Å². The van der Waals surface area contributed by atoms with Gasteiger partial charge >= 0.3 is 0 Å². The first-order valence-corrected chi connectivity index (χ1v) is 11.4. The Bertz CT molecular complexity index is 1080. The SMILES string of the molecule is CC(C)(C)c1ccc(-n2nc(NC3C=CC(OCCN4CCCC4)=CC3=C=O)nc2N)cc1. The number of nitrogens with two attached hydrogens (primary N) is 1. The molecule has 2 aliphatic rings. The number of hydrogen-bond acceptors (Lipinski definition) is 7. The molecule has 1 aliphatic carbocycles. The van der Waals surface area contributed by atoms with Gasteiger partial charge < -0.3 is 15.8 Å². The Balaban J connectivity index is 1.39. The molecule has 2 heterocycles. The third kappa shape index (κ3) is 5.53. The fourth-order valence-corrected chi connectivity index (χ4v) is 4.01. The van der Waals surface area contributed by atoms with Crippen LogP contribution in [0.5, 0.6) is 0 Å². The molecule has 1 atom stereocenters. The molecule has 1 aromatic heterocycles. The van der Waals surface area contributed by atoms with Crippen LogP contribution in [0.2, 0.25) is 0 Å². The Morgan fingerprint density at radius 1 is 1.21 bits per heavy atom. The number of carbonyl (C=O) groups excluding carboxylic acids is 1. The van der Waals surface area contributed by atoms with Gasteiger partial charge in [0, 0.05) is 6.54 Å². The average Bonchev–Trinajstić information content (AvgIpc) is 3.43. The number of likely N-dealkylation sites (tertiary alicyclic amines) is 1. The van der Waals surface area contributed by atoms with Gasteiger partial charge in [0.2, 0.25) is 11.9 Å². The first-order valence-electron chi connectivity index (χ1n) is 11.4. The van der Waals surface area contributed by atoms with Gasteiger partial charge in [-0.1, -0.05) is 39.0 Å². The van der Waals surface area contributed by atoms with Crippen LogP contribution >= 0.6 is 0 Å². The zero-order valence-electron chi connectivity index (χ0n) is 19.5. The number of nitrogens with one attached hydrogen (secondary N) is 1. The highest BCUT2D eigenvalue weighted by Crippen LogP contribution is 2.24. The number of hydrogen-bond donors (Lipinski definition) is 2. The van der Waals surface area contributed by atoms with Crippen LogP contribution in [0.25, 0.3) is 5.69 Å². The van der Waals surface area contributed by atoms with E-state index < -0.39 is 6.04 Å². The smallest absolute Gasteiger partial charge is 0.245 e. The molecular weight excluding hydrogens is 416 g/mol. The molecule has 4 rings (SSSR count). The van der Waals surface area contributed by atoms with E-state index in [-0.39, 0.29) is 11.4 Å². The first kappa shape index (κ1) is 22.8. The lowest BCUT2D eigenvalue weighted by molar-refractivity contribution is 0.179. The minimum Gasteiger partial charge on any atom is -0.492 e. The summed E-state index contributed by atoms with van der Waals surface area (Å²) in [4.78, 5) is 18.3. The molecule has 0 radical (unpaired) electrons. The van der Waals surface area contributed by atoms with Gasteiger partial charge in [0.1, 0.15) is 18.3 Å². The summed E-state index contributed by atoms with van der Waals surface area (Å²) < 4.78 is 7.42. The summed E-state index contributed by atoms with van der Waals surface area (Å²) in [5, 5.41) is 7.63. The molecule has 33 heavy (non-hydrogen) atoms. The van der Waals surface area contributed by atoms with Crippen LogP contribution < -0.4 is 11.1 Å². The fourth-order valence-electron chi connectivity index (χ4n) is 4.01. The Morgan fingerprint density at radius 2 is 1.94 bits per heavy atom. The number of benzene rings is 1. The zero-order valence-corrected chi connectivity index (χ0v) is 19.5. The lowest BCUT2D eigenvalue weighted by Crippen LogP contribution is -2.25. The van der Waals surface area contributed by atoms with Crippen molar-refractivity contribution in [1.82, 2.24) is 19.7 Å². The van der Waals surface area contributed by atoms with E-state index in [0.29, 0.717) is 23.9 Å². The van der Waals surface area contributed by atoms with E-state index >= 15 is 0 Å². The van der Waals surface area contributed by atoms with Crippen molar-refractivity contribution in [3.63, 3.8) is 0 Å². The van der Waals surface area contributed by atoms with Crippen molar-refractivity contribution < 1.29 is 9.53 Å². The number of nitrogen functional groups attached to an aromatic ring is 1. The van der Waals surface area contributed by atoms with Crippen molar-refractivity contribution in [3.8, 4) is 5.69 Å². The third-order valence-electron chi connectivity index (χ3n) is 5.97. The highest BCUT2D eigenvalue weighted by molar-refractivity contribution is 5.65. The molecule has 174 valence electrons. The summed E-state index contributed by atoms with van der Waals surface area (Å²) in [7, 11) is 0. The Kier molecular flexibility index (Phi) is 6.67. The van der Waals surface area contributed by atoms with Gasteiger partial charge in [-0.2, -0.15) is 9.67 Å². The monoisotopic (exact) mass is 448 g/mol. The van der Waals surface area contributed by atoms with Crippen LogP contribution in [-0.4, -0.2) is 57.9 Å². The summed E-state index contributed by atoms with van der Waals surface area (Å²) in [6.45, 7) is 10.3. The molecule has 1 aromatic carbocycles. The molecule has 1 saturated heterocycles. The molecule has 0 amide bonds. The predicted molar refractivity (Wildman–Crippen MR) is 130 cm³/mol. The van der Waals surface area contributed by atoms with Crippen LogP contribution in [0.3, 0.4) is 0 Å². The second kappa shape index (κ2) is 9.65. The number of nitrogens with zero attached hydrogens (tertiary/aromatic N) is 4. The molecule has 0 saturated carbocycles. The molecule has 1 unspecified atom stereocenters. The number of allylic oxidation sites excluding steroid dienone is 1. The predicted octanol–water partition coefficient (Wildman–Crippen LogP) is 3.25. The maximum absolute atomic E-state index is 11.6. The maximum Gasteiger partial charge on any atom is 0.245 e. The Hall–Kier alpha value is -3.35. The second-order valence-electron chi connectivity index (χ2n) is 9.48. The fraction of sp³-hybridized carbons (Fsp3) is 0.440. The Labute approximate surface area is 194 Å². The van der Waals surface area contributed by atoms with Gasteiger partial charge in [0.05, 0.1) is 17.3 Å².